The van der Waals surface area contributed by atoms with Crippen molar-refractivity contribution >= 4 is 21.6 Å². The van der Waals surface area contributed by atoms with Gasteiger partial charge in [-0.1, -0.05) is 15.9 Å². The van der Waals surface area contributed by atoms with Crippen molar-refractivity contribution in [3.63, 3.8) is 0 Å². The fourth-order valence-electron chi connectivity index (χ4n) is 1.78. The Balaban J connectivity index is 2.64. The topological polar surface area (TPSA) is 6.48 Å². The van der Waals surface area contributed by atoms with Crippen LogP contribution in [0.3, 0.4) is 0 Å². The maximum atomic E-state index is 13.1. The third-order valence-corrected chi connectivity index (χ3v) is 3.30. The Morgan fingerprint density at radius 2 is 1.88 bits per heavy atom. The predicted octanol–water partition coefficient (Wildman–Crippen LogP) is 3.11. The van der Waals surface area contributed by atoms with Gasteiger partial charge < -0.3 is 9.80 Å². The Morgan fingerprint density at radius 1 is 1.18 bits per heavy atom. The first kappa shape index (κ1) is 14.5. The normalized spacial score (nSPS) is 10.9. The second-order valence-electron chi connectivity index (χ2n) is 4.49. The molecule has 0 spiro atoms. The molecule has 0 unspecified atom stereocenters. The Bertz CT molecular complexity index is 355. The summed E-state index contributed by atoms with van der Waals surface area (Å²) in [5.41, 5.74) is 2.10. The van der Waals surface area contributed by atoms with Crippen LogP contribution in [0.5, 0.6) is 0 Å². The summed E-state index contributed by atoms with van der Waals surface area (Å²) in [5, 5.41) is 0.679. The van der Waals surface area contributed by atoms with Crippen LogP contribution in [0, 0.1) is 5.82 Å². The molecular weight excluding hydrogens is 283 g/mol. The lowest BCUT2D eigenvalue weighted by molar-refractivity contribution is 0.401. The van der Waals surface area contributed by atoms with Crippen LogP contribution < -0.4 is 4.90 Å². The lowest BCUT2D eigenvalue weighted by Gasteiger charge is -2.22. The van der Waals surface area contributed by atoms with Gasteiger partial charge in [0.05, 0.1) is 0 Å². The van der Waals surface area contributed by atoms with Crippen molar-refractivity contribution in [2.75, 3.05) is 39.1 Å². The number of hydrogen-bond donors (Lipinski definition) is 0. The quantitative estimate of drug-likeness (QED) is 0.745. The molecule has 0 aliphatic heterocycles. The van der Waals surface area contributed by atoms with E-state index in [1.807, 2.05) is 6.07 Å². The maximum Gasteiger partial charge on any atom is 0.123 e. The van der Waals surface area contributed by atoms with E-state index in [9.17, 15) is 4.39 Å². The first-order chi connectivity index (χ1) is 8.04. The van der Waals surface area contributed by atoms with Crippen molar-refractivity contribution in [2.24, 2.45) is 0 Å². The Labute approximate surface area is 112 Å². The Morgan fingerprint density at radius 3 is 2.47 bits per heavy atom. The molecule has 0 aliphatic carbocycles. The Kier molecular flexibility index (Phi) is 5.92. The molecule has 0 saturated heterocycles. The first-order valence-electron chi connectivity index (χ1n) is 5.75. The third kappa shape index (κ3) is 4.64. The van der Waals surface area contributed by atoms with Gasteiger partial charge in [-0.15, -0.1) is 0 Å². The Hall–Kier alpha value is -0.610. The molecule has 0 radical (unpaired) electrons. The molecule has 17 heavy (non-hydrogen) atoms. The first-order valence-corrected chi connectivity index (χ1v) is 6.87. The van der Waals surface area contributed by atoms with Crippen LogP contribution in [0.25, 0.3) is 0 Å². The number of hydrogen-bond acceptors (Lipinski definition) is 2. The predicted molar refractivity (Wildman–Crippen MR) is 75.5 cm³/mol. The zero-order valence-corrected chi connectivity index (χ0v) is 12.3. The summed E-state index contributed by atoms with van der Waals surface area (Å²) in [5.74, 6) is -0.176. The number of anilines is 1. The van der Waals surface area contributed by atoms with Crippen molar-refractivity contribution in [3.05, 3.63) is 29.6 Å². The fraction of sp³-hybridized carbons (Fsp3) is 0.538. The van der Waals surface area contributed by atoms with Crippen LogP contribution in [0.15, 0.2) is 18.2 Å². The second kappa shape index (κ2) is 6.97. The van der Waals surface area contributed by atoms with Crippen molar-refractivity contribution in [3.8, 4) is 0 Å². The van der Waals surface area contributed by atoms with Crippen molar-refractivity contribution in [1.82, 2.24) is 4.90 Å². The van der Waals surface area contributed by atoms with E-state index in [1.165, 1.54) is 6.07 Å². The lowest BCUT2D eigenvalue weighted by Crippen LogP contribution is -2.24. The molecule has 0 amide bonds. The summed E-state index contributed by atoms with van der Waals surface area (Å²) >= 11 is 3.40. The van der Waals surface area contributed by atoms with Gasteiger partial charge in [-0.05, 0) is 50.8 Å². The highest BCUT2D eigenvalue weighted by molar-refractivity contribution is 9.08. The van der Waals surface area contributed by atoms with Crippen LogP contribution in [-0.4, -0.2) is 39.1 Å². The molecule has 2 nitrogen and oxygen atoms in total. The molecule has 0 heterocycles. The summed E-state index contributed by atoms with van der Waals surface area (Å²) in [6.07, 6.45) is 1.10. The van der Waals surface area contributed by atoms with Gasteiger partial charge in [0, 0.05) is 24.6 Å². The SMILES string of the molecule is CN(C)CCCN(C)c1ccc(F)cc1CBr. The molecule has 0 aliphatic rings. The highest BCUT2D eigenvalue weighted by Gasteiger charge is 2.07. The van der Waals surface area contributed by atoms with Gasteiger partial charge in [-0.2, -0.15) is 0 Å². The van der Waals surface area contributed by atoms with Crippen molar-refractivity contribution in [2.45, 2.75) is 11.8 Å². The van der Waals surface area contributed by atoms with Gasteiger partial charge in [0.15, 0.2) is 0 Å². The number of rotatable bonds is 6. The molecule has 0 N–H and O–H groups in total. The van der Waals surface area contributed by atoms with E-state index in [-0.39, 0.29) is 5.82 Å². The minimum absolute atomic E-state index is 0.176. The smallest absolute Gasteiger partial charge is 0.123 e. The molecule has 0 fully saturated rings. The van der Waals surface area contributed by atoms with E-state index in [0.717, 1.165) is 30.8 Å². The van der Waals surface area contributed by atoms with Crippen LogP contribution in [-0.2, 0) is 5.33 Å². The molecule has 96 valence electrons. The van der Waals surface area contributed by atoms with Gasteiger partial charge in [-0.25, -0.2) is 4.39 Å². The van der Waals surface area contributed by atoms with Crippen LogP contribution in [0.2, 0.25) is 0 Å². The molecular formula is C13H20BrFN2. The van der Waals surface area contributed by atoms with E-state index in [4.69, 9.17) is 0 Å². The average molecular weight is 303 g/mol. The summed E-state index contributed by atoms with van der Waals surface area (Å²) in [6.45, 7) is 2.04. The number of alkyl halides is 1. The van der Waals surface area contributed by atoms with Crippen molar-refractivity contribution < 1.29 is 4.39 Å². The highest BCUT2D eigenvalue weighted by Crippen LogP contribution is 2.23. The van der Waals surface area contributed by atoms with E-state index in [2.05, 4.69) is 46.9 Å². The van der Waals surface area contributed by atoms with Gasteiger partial charge in [0.2, 0.25) is 0 Å². The highest BCUT2D eigenvalue weighted by atomic mass is 79.9. The van der Waals surface area contributed by atoms with Crippen LogP contribution >= 0.6 is 15.9 Å². The molecule has 0 aromatic heterocycles. The molecule has 0 atom stereocenters. The molecule has 1 aromatic rings. The fourth-order valence-corrected chi connectivity index (χ4v) is 2.23. The second-order valence-corrected chi connectivity index (χ2v) is 5.05. The molecule has 1 rings (SSSR count). The summed E-state index contributed by atoms with van der Waals surface area (Å²) in [4.78, 5) is 4.35. The third-order valence-electron chi connectivity index (χ3n) is 2.70. The molecule has 4 heteroatoms. The zero-order chi connectivity index (χ0) is 12.8. The number of benzene rings is 1. The van der Waals surface area contributed by atoms with Gasteiger partial charge in [0.1, 0.15) is 5.82 Å². The summed E-state index contributed by atoms with van der Waals surface area (Å²) in [6, 6.07) is 4.96. The largest absolute Gasteiger partial charge is 0.374 e. The number of nitrogens with zero attached hydrogens (tertiary/aromatic N) is 2. The summed E-state index contributed by atoms with van der Waals surface area (Å²) in [7, 11) is 6.19. The monoisotopic (exact) mass is 302 g/mol. The van der Waals surface area contributed by atoms with E-state index >= 15 is 0 Å². The van der Waals surface area contributed by atoms with Crippen molar-refractivity contribution in [1.29, 1.82) is 0 Å². The minimum Gasteiger partial charge on any atom is -0.374 e. The molecule has 0 bridgehead atoms. The van der Waals surface area contributed by atoms with E-state index < -0.39 is 0 Å². The molecule has 0 saturated carbocycles. The maximum absolute atomic E-state index is 13.1. The zero-order valence-electron chi connectivity index (χ0n) is 10.7. The van der Waals surface area contributed by atoms with Gasteiger partial charge >= 0.3 is 0 Å². The number of halogens is 2. The minimum atomic E-state index is -0.176. The lowest BCUT2D eigenvalue weighted by atomic mass is 10.1. The van der Waals surface area contributed by atoms with E-state index in [1.54, 1.807) is 6.07 Å². The molecule has 1 aromatic carbocycles. The van der Waals surface area contributed by atoms with Crippen LogP contribution in [0.1, 0.15) is 12.0 Å². The average Bonchev–Trinajstić information content (AvgIpc) is 2.28. The summed E-state index contributed by atoms with van der Waals surface area (Å²) < 4.78 is 13.1. The van der Waals surface area contributed by atoms with E-state index in [0.29, 0.717) is 5.33 Å². The van der Waals surface area contributed by atoms with Gasteiger partial charge in [-0.3, -0.25) is 0 Å². The standard InChI is InChI=1S/C13H20BrFN2/c1-16(2)7-4-8-17(3)13-6-5-12(15)9-11(13)10-14/h5-6,9H,4,7-8,10H2,1-3H3. The van der Waals surface area contributed by atoms with Crippen LogP contribution in [0.4, 0.5) is 10.1 Å². The van der Waals surface area contributed by atoms with Gasteiger partial charge in [0.25, 0.3) is 0 Å².